The molecular weight excluding hydrogens is 310 g/mol. The van der Waals surface area contributed by atoms with Crippen LogP contribution < -0.4 is 0 Å². The van der Waals surface area contributed by atoms with Crippen LogP contribution in [0.3, 0.4) is 0 Å². The molecule has 1 amide bonds. The zero-order chi connectivity index (χ0) is 14.3. The summed E-state index contributed by atoms with van der Waals surface area (Å²) in [6, 6.07) is 0. The van der Waals surface area contributed by atoms with Crippen LogP contribution in [0.5, 0.6) is 0 Å². The molecule has 0 aromatic heterocycles. The van der Waals surface area contributed by atoms with Crippen LogP contribution in [-0.2, 0) is 9.53 Å². The zero-order valence-electron chi connectivity index (χ0n) is 11.7. The molecule has 1 aliphatic carbocycles. The van der Waals surface area contributed by atoms with Crippen molar-refractivity contribution in [2.45, 2.75) is 45.6 Å². The van der Waals surface area contributed by atoms with Crippen LogP contribution in [0.1, 0.15) is 40.0 Å². The van der Waals surface area contributed by atoms with E-state index in [1.807, 2.05) is 26.8 Å². The van der Waals surface area contributed by atoms with Crippen LogP contribution in [0.2, 0.25) is 0 Å². The summed E-state index contributed by atoms with van der Waals surface area (Å²) in [4.78, 5) is 25.8. The highest BCUT2D eigenvalue weighted by Gasteiger charge is 2.45. The monoisotopic (exact) mass is 329 g/mol. The number of halogens is 1. The second-order valence-electron chi connectivity index (χ2n) is 6.33. The molecule has 2 aliphatic rings. The predicted molar refractivity (Wildman–Crippen MR) is 76.1 cm³/mol. The summed E-state index contributed by atoms with van der Waals surface area (Å²) in [5.41, 5.74) is -0.753. The minimum Gasteiger partial charge on any atom is -0.444 e. The summed E-state index contributed by atoms with van der Waals surface area (Å²) in [5, 5.41) is 0. The third-order valence-electron chi connectivity index (χ3n) is 3.74. The molecule has 0 aromatic rings. The summed E-state index contributed by atoms with van der Waals surface area (Å²) < 4.78 is 6.05. The fourth-order valence-corrected chi connectivity index (χ4v) is 3.18. The summed E-state index contributed by atoms with van der Waals surface area (Å²) in [6.45, 7) is 6.76. The van der Waals surface area contributed by atoms with Crippen LogP contribution in [0.4, 0.5) is 4.79 Å². The quantitative estimate of drug-likeness (QED) is 0.685. The first-order valence-corrected chi connectivity index (χ1v) is 7.41. The molecular formula is C14H20BrNO3. The minimum atomic E-state index is -0.472. The van der Waals surface area contributed by atoms with Gasteiger partial charge in [0.2, 0.25) is 0 Å². The molecule has 1 saturated heterocycles. The van der Waals surface area contributed by atoms with Gasteiger partial charge in [-0.25, -0.2) is 4.79 Å². The van der Waals surface area contributed by atoms with Crippen molar-refractivity contribution in [3.05, 3.63) is 10.6 Å². The summed E-state index contributed by atoms with van der Waals surface area (Å²) in [7, 11) is 0. The molecule has 1 aliphatic heterocycles. The van der Waals surface area contributed by atoms with Crippen LogP contribution in [-0.4, -0.2) is 35.5 Å². The molecule has 2 rings (SSSR count). The number of nitrogens with zero attached hydrogens (tertiary/aromatic N) is 1. The van der Waals surface area contributed by atoms with Gasteiger partial charge < -0.3 is 9.64 Å². The molecule has 1 fully saturated rings. The summed E-state index contributed by atoms with van der Waals surface area (Å²) in [6.07, 6.45) is 3.90. The number of hydrogen-bond donors (Lipinski definition) is 0. The Morgan fingerprint density at radius 1 is 1.37 bits per heavy atom. The molecule has 106 valence electrons. The molecule has 0 atom stereocenters. The van der Waals surface area contributed by atoms with Gasteiger partial charge in [0.1, 0.15) is 5.60 Å². The standard InChI is InChI=1S/C14H20BrNO3/c1-13(2,3)19-12(18)16-8-6-14(7-9-16)5-4-10(15)11(14)17/h4H,5-9H2,1-3H3. The maximum atomic E-state index is 12.1. The van der Waals surface area contributed by atoms with Crippen molar-refractivity contribution in [1.29, 1.82) is 0 Å². The Balaban J connectivity index is 1.93. The second-order valence-corrected chi connectivity index (χ2v) is 7.19. The maximum Gasteiger partial charge on any atom is 0.410 e. The third-order valence-corrected chi connectivity index (χ3v) is 4.43. The van der Waals surface area contributed by atoms with E-state index in [0.717, 1.165) is 19.3 Å². The normalized spacial score (nSPS) is 22.6. The first-order valence-electron chi connectivity index (χ1n) is 6.62. The number of carbonyl (C=O) groups is 2. The fourth-order valence-electron chi connectivity index (χ4n) is 2.60. The number of ketones is 1. The van der Waals surface area contributed by atoms with Gasteiger partial charge in [0.05, 0.1) is 4.48 Å². The highest BCUT2D eigenvalue weighted by molar-refractivity contribution is 9.12. The number of amides is 1. The van der Waals surface area contributed by atoms with E-state index >= 15 is 0 Å². The molecule has 1 heterocycles. The van der Waals surface area contributed by atoms with Gasteiger partial charge in [-0.2, -0.15) is 0 Å². The predicted octanol–water partition coefficient (Wildman–Crippen LogP) is 3.26. The van der Waals surface area contributed by atoms with Crippen molar-refractivity contribution in [2.24, 2.45) is 5.41 Å². The summed E-state index contributed by atoms with van der Waals surface area (Å²) in [5.74, 6) is 0.191. The molecule has 0 bridgehead atoms. The SMILES string of the molecule is CC(C)(C)OC(=O)N1CCC2(CC=C(Br)C2=O)CC1. The number of Topliss-reactive ketones (excluding diaryl/α,β-unsaturated/α-hetero) is 1. The molecule has 0 unspecified atom stereocenters. The Morgan fingerprint density at radius 3 is 2.37 bits per heavy atom. The average molecular weight is 330 g/mol. The van der Waals surface area contributed by atoms with E-state index in [1.165, 1.54) is 0 Å². The van der Waals surface area contributed by atoms with Gasteiger partial charge in [0, 0.05) is 18.5 Å². The van der Waals surface area contributed by atoms with E-state index < -0.39 is 5.60 Å². The van der Waals surface area contributed by atoms with E-state index in [2.05, 4.69) is 15.9 Å². The van der Waals surface area contributed by atoms with Crippen molar-refractivity contribution >= 4 is 27.8 Å². The van der Waals surface area contributed by atoms with Crippen molar-refractivity contribution in [3.8, 4) is 0 Å². The third kappa shape index (κ3) is 3.02. The van der Waals surface area contributed by atoms with Gasteiger partial charge in [-0.3, -0.25) is 4.79 Å². The van der Waals surface area contributed by atoms with E-state index in [9.17, 15) is 9.59 Å². The van der Waals surface area contributed by atoms with Gasteiger partial charge in [-0.15, -0.1) is 0 Å². The molecule has 5 heteroatoms. The number of piperidine rings is 1. The number of allylic oxidation sites excluding steroid dienone is 2. The van der Waals surface area contributed by atoms with E-state index in [1.54, 1.807) is 4.90 Å². The molecule has 0 aromatic carbocycles. The van der Waals surface area contributed by atoms with Crippen molar-refractivity contribution in [3.63, 3.8) is 0 Å². The lowest BCUT2D eigenvalue weighted by atomic mass is 9.75. The van der Waals surface area contributed by atoms with Gasteiger partial charge in [-0.1, -0.05) is 6.08 Å². The largest absolute Gasteiger partial charge is 0.444 e. The van der Waals surface area contributed by atoms with E-state index in [-0.39, 0.29) is 17.3 Å². The summed E-state index contributed by atoms with van der Waals surface area (Å²) >= 11 is 3.30. The van der Waals surface area contributed by atoms with Gasteiger partial charge >= 0.3 is 6.09 Å². The average Bonchev–Trinajstić information content (AvgIpc) is 2.57. The number of rotatable bonds is 0. The highest BCUT2D eigenvalue weighted by Crippen LogP contribution is 2.44. The number of likely N-dealkylation sites (tertiary alicyclic amines) is 1. The van der Waals surface area contributed by atoms with Crippen molar-refractivity contribution < 1.29 is 14.3 Å². The second kappa shape index (κ2) is 4.93. The molecule has 1 spiro atoms. The van der Waals surface area contributed by atoms with E-state index in [0.29, 0.717) is 17.6 Å². The van der Waals surface area contributed by atoms with Crippen LogP contribution in [0.15, 0.2) is 10.6 Å². The van der Waals surface area contributed by atoms with Crippen molar-refractivity contribution in [2.75, 3.05) is 13.1 Å². The zero-order valence-corrected chi connectivity index (χ0v) is 13.2. The van der Waals surface area contributed by atoms with E-state index in [4.69, 9.17) is 4.74 Å². The van der Waals surface area contributed by atoms with Gasteiger partial charge in [-0.05, 0) is 56.0 Å². The Hall–Kier alpha value is -0.840. The lowest BCUT2D eigenvalue weighted by molar-refractivity contribution is -0.125. The lowest BCUT2D eigenvalue weighted by Crippen LogP contribution is -2.46. The molecule has 4 nitrogen and oxygen atoms in total. The van der Waals surface area contributed by atoms with Gasteiger partial charge in [0.25, 0.3) is 0 Å². The molecule has 0 saturated carbocycles. The number of hydrogen-bond acceptors (Lipinski definition) is 3. The molecule has 19 heavy (non-hydrogen) atoms. The first-order chi connectivity index (χ1) is 8.73. The Bertz CT molecular complexity index is 428. The van der Waals surface area contributed by atoms with Crippen molar-refractivity contribution in [1.82, 2.24) is 4.90 Å². The Labute approximate surface area is 122 Å². The number of ether oxygens (including phenoxy) is 1. The van der Waals surface area contributed by atoms with Crippen LogP contribution in [0, 0.1) is 5.41 Å². The lowest BCUT2D eigenvalue weighted by Gasteiger charge is -2.38. The molecule has 0 N–H and O–H groups in total. The fraction of sp³-hybridized carbons (Fsp3) is 0.714. The Morgan fingerprint density at radius 2 is 1.95 bits per heavy atom. The minimum absolute atomic E-state index is 0.191. The smallest absolute Gasteiger partial charge is 0.410 e. The number of carbonyl (C=O) groups excluding carboxylic acids is 2. The molecule has 0 radical (unpaired) electrons. The topological polar surface area (TPSA) is 46.6 Å². The van der Waals surface area contributed by atoms with Gasteiger partial charge in [0.15, 0.2) is 5.78 Å². The first kappa shape index (κ1) is 14.6. The highest BCUT2D eigenvalue weighted by atomic mass is 79.9. The van der Waals surface area contributed by atoms with Crippen LogP contribution in [0.25, 0.3) is 0 Å². The Kier molecular flexibility index (Phi) is 3.78. The maximum absolute atomic E-state index is 12.1. The van der Waals surface area contributed by atoms with Crippen LogP contribution >= 0.6 is 15.9 Å².